The summed E-state index contributed by atoms with van der Waals surface area (Å²) in [6.45, 7) is 0.450. The lowest BCUT2D eigenvalue weighted by Crippen LogP contribution is -2.00. The lowest BCUT2D eigenvalue weighted by molar-refractivity contribution is -0.136. The third-order valence-corrected chi connectivity index (χ3v) is 2.71. The second-order valence-corrected chi connectivity index (χ2v) is 4.34. The molecule has 0 aliphatic rings. The first-order chi connectivity index (χ1) is 9.74. The van der Waals surface area contributed by atoms with Gasteiger partial charge in [-0.15, -0.1) is 0 Å². The smallest absolute Gasteiger partial charge is 0.307 e. The second-order valence-electron chi connectivity index (χ2n) is 4.34. The average Bonchev–Trinajstić information content (AvgIpc) is 2.44. The van der Waals surface area contributed by atoms with Gasteiger partial charge >= 0.3 is 5.97 Å². The van der Waals surface area contributed by atoms with Crippen molar-refractivity contribution in [3.8, 4) is 5.75 Å². The highest BCUT2D eigenvalue weighted by molar-refractivity contribution is 5.70. The fourth-order valence-corrected chi connectivity index (χ4v) is 1.81. The zero-order chi connectivity index (χ0) is 14.2. The van der Waals surface area contributed by atoms with Crippen LogP contribution in [0.1, 0.15) is 11.1 Å². The number of hydrogen-bond donors (Lipinski definition) is 1. The molecule has 0 fully saturated rings. The molecule has 3 heteroatoms. The number of benzene rings is 2. The Hall–Kier alpha value is -2.55. The van der Waals surface area contributed by atoms with Crippen molar-refractivity contribution in [3.63, 3.8) is 0 Å². The third kappa shape index (κ3) is 4.61. The van der Waals surface area contributed by atoms with Gasteiger partial charge in [0.05, 0.1) is 6.42 Å². The normalized spacial score (nSPS) is 10.6. The van der Waals surface area contributed by atoms with Gasteiger partial charge in [0.25, 0.3) is 0 Å². The van der Waals surface area contributed by atoms with E-state index in [0.717, 1.165) is 11.1 Å². The van der Waals surface area contributed by atoms with Crippen molar-refractivity contribution in [2.45, 2.75) is 6.42 Å². The first-order valence-corrected chi connectivity index (χ1v) is 6.39. The van der Waals surface area contributed by atoms with E-state index in [2.05, 4.69) is 0 Å². The molecule has 0 aliphatic heterocycles. The number of aliphatic carboxylic acids is 1. The lowest BCUT2D eigenvalue weighted by atomic mass is 10.1. The number of hydrogen-bond acceptors (Lipinski definition) is 2. The number of carboxylic acid groups (broad SMARTS) is 1. The molecular formula is C17H16O3. The summed E-state index contributed by atoms with van der Waals surface area (Å²) in [7, 11) is 0. The topological polar surface area (TPSA) is 46.5 Å². The van der Waals surface area contributed by atoms with Gasteiger partial charge in [0.1, 0.15) is 12.4 Å². The Morgan fingerprint density at radius 3 is 2.65 bits per heavy atom. The molecule has 0 bridgehead atoms. The summed E-state index contributed by atoms with van der Waals surface area (Å²) in [6, 6.07) is 17.1. The zero-order valence-electron chi connectivity index (χ0n) is 11.0. The van der Waals surface area contributed by atoms with Crippen LogP contribution in [0.15, 0.2) is 60.7 Å². The van der Waals surface area contributed by atoms with Crippen LogP contribution < -0.4 is 4.74 Å². The summed E-state index contributed by atoms with van der Waals surface area (Å²) in [5.41, 5.74) is 1.86. The highest BCUT2D eigenvalue weighted by atomic mass is 16.5. The van der Waals surface area contributed by atoms with Crippen LogP contribution in [0.3, 0.4) is 0 Å². The summed E-state index contributed by atoms with van der Waals surface area (Å²) < 4.78 is 5.57. The van der Waals surface area contributed by atoms with E-state index in [4.69, 9.17) is 9.84 Å². The van der Waals surface area contributed by atoms with Gasteiger partial charge in [-0.25, -0.2) is 0 Å². The fourth-order valence-electron chi connectivity index (χ4n) is 1.81. The summed E-state index contributed by atoms with van der Waals surface area (Å²) in [5, 5.41) is 8.75. The minimum absolute atomic E-state index is 0.0110. The minimum atomic E-state index is -0.842. The standard InChI is InChI=1S/C17H16O3/c18-17(19)13-15-8-4-10-16(12-15)20-11-5-9-14-6-2-1-3-7-14/h1-10,12H,11,13H2,(H,18,19). The van der Waals surface area contributed by atoms with E-state index in [1.807, 2.05) is 48.6 Å². The van der Waals surface area contributed by atoms with Crippen LogP contribution in [0.2, 0.25) is 0 Å². The Balaban J connectivity index is 1.88. The maximum absolute atomic E-state index is 10.6. The van der Waals surface area contributed by atoms with E-state index in [9.17, 15) is 4.79 Å². The largest absolute Gasteiger partial charge is 0.490 e. The molecule has 2 aromatic rings. The first kappa shape index (κ1) is 13.9. The summed E-state index contributed by atoms with van der Waals surface area (Å²) >= 11 is 0. The molecule has 3 nitrogen and oxygen atoms in total. The van der Waals surface area contributed by atoms with Gasteiger partial charge < -0.3 is 9.84 Å². The quantitative estimate of drug-likeness (QED) is 0.873. The van der Waals surface area contributed by atoms with Crippen molar-refractivity contribution in [3.05, 3.63) is 71.8 Å². The Morgan fingerprint density at radius 1 is 1.10 bits per heavy atom. The van der Waals surface area contributed by atoms with E-state index in [1.165, 1.54) is 0 Å². The van der Waals surface area contributed by atoms with Gasteiger partial charge in [0.2, 0.25) is 0 Å². The maximum atomic E-state index is 10.6. The summed E-state index contributed by atoms with van der Waals surface area (Å²) in [5.74, 6) is -0.160. The molecule has 2 rings (SSSR count). The van der Waals surface area contributed by atoms with Crippen LogP contribution in [-0.4, -0.2) is 17.7 Å². The zero-order valence-corrected chi connectivity index (χ0v) is 11.0. The fraction of sp³-hybridized carbons (Fsp3) is 0.118. The molecule has 0 heterocycles. The van der Waals surface area contributed by atoms with Crippen molar-refractivity contribution < 1.29 is 14.6 Å². The SMILES string of the molecule is O=C(O)Cc1cccc(OCC=Cc2ccccc2)c1. The second kappa shape index (κ2) is 7.14. The Bertz CT molecular complexity index is 588. The van der Waals surface area contributed by atoms with Gasteiger partial charge in [-0.1, -0.05) is 48.5 Å². The number of carboxylic acids is 1. The van der Waals surface area contributed by atoms with Crippen molar-refractivity contribution >= 4 is 12.0 Å². The molecule has 20 heavy (non-hydrogen) atoms. The van der Waals surface area contributed by atoms with Crippen LogP contribution >= 0.6 is 0 Å². The lowest BCUT2D eigenvalue weighted by Gasteiger charge is -2.04. The van der Waals surface area contributed by atoms with E-state index in [1.54, 1.807) is 18.2 Å². The van der Waals surface area contributed by atoms with Crippen molar-refractivity contribution in [1.29, 1.82) is 0 Å². The number of rotatable bonds is 6. The van der Waals surface area contributed by atoms with E-state index < -0.39 is 5.97 Å². The Morgan fingerprint density at radius 2 is 1.90 bits per heavy atom. The van der Waals surface area contributed by atoms with E-state index in [-0.39, 0.29) is 6.42 Å². The van der Waals surface area contributed by atoms with Gasteiger partial charge in [0, 0.05) is 0 Å². The molecule has 0 saturated heterocycles. The van der Waals surface area contributed by atoms with Crippen LogP contribution in [0.5, 0.6) is 5.75 Å². The number of carbonyl (C=O) groups is 1. The average molecular weight is 268 g/mol. The molecule has 0 aromatic heterocycles. The number of ether oxygens (including phenoxy) is 1. The molecule has 102 valence electrons. The molecule has 0 unspecified atom stereocenters. The molecular weight excluding hydrogens is 252 g/mol. The van der Waals surface area contributed by atoms with Crippen LogP contribution in [0.4, 0.5) is 0 Å². The van der Waals surface area contributed by atoms with Crippen LogP contribution in [0.25, 0.3) is 6.08 Å². The summed E-state index contributed by atoms with van der Waals surface area (Å²) in [4.78, 5) is 10.6. The highest BCUT2D eigenvalue weighted by Crippen LogP contribution is 2.14. The van der Waals surface area contributed by atoms with Gasteiger partial charge in [0.15, 0.2) is 0 Å². The highest BCUT2D eigenvalue weighted by Gasteiger charge is 2.01. The third-order valence-electron chi connectivity index (χ3n) is 2.71. The van der Waals surface area contributed by atoms with Gasteiger partial charge in [-0.05, 0) is 29.3 Å². The predicted octanol–water partition coefficient (Wildman–Crippen LogP) is 3.41. The van der Waals surface area contributed by atoms with Crippen molar-refractivity contribution in [2.24, 2.45) is 0 Å². The molecule has 0 spiro atoms. The monoisotopic (exact) mass is 268 g/mol. The molecule has 0 aliphatic carbocycles. The summed E-state index contributed by atoms with van der Waals surface area (Å²) in [6.07, 6.45) is 3.93. The Labute approximate surface area is 118 Å². The molecule has 1 N–H and O–H groups in total. The van der Waals surface area contributed by atoms with Crippen molar-refractivity contribution in [1.82, 2.24) is 0 Å². The molecule has 0 atom stereocenters. The maximum Gasteiger partial charge on any atom is 0.307 e. The van der Waals surface area contributed by atoms with Gasteiger partial charge in [-0.2, -0.15) is 0 Å². The molecule has 0 amide bonds. The first-order valence-electron chi connectivity index (χ1n) is 6.39. The van der Waals surface area contributed by atoms with E-state index in [0.29, 0.717) is 12.4 Å². The molecule has 2 aromatic carbocycles. The van der Waals surface area contributed by atoms with Crippen LogP contribution in [-0.2, 0) is 11.2 Å². The molecule has 0 saturated carbocycles. The van der Waals surface area contributed by atoms with E-state index >= 15 is 0 Å². The van der Waals surface area contributed by atoms with Gasteiger partial charge in [-0.3, -0.25) is 4.79 Å². The molecule has 0 radical (unpaired) electrons. The van der Waals surface area contributed by atoms with Crippen LogP contribution in [0, 0.1) is 0 Å². The minimum Gasteiger partial charge on any atom is -0.490 e. The van der Waals surface area contributed by atoms with Crippen molar-refractivity contribution in [2.75, 3.05) is 6.61 Å². The predicted molar refractivity (Wildman–Crippen MR) is 78.8 cm³/mol. The Kier molecular flexibility index (Phi) is 4.95.